The predicted molar refractivity (Wildman–Crippen MR) is 86.6 cm³/mol. The molecule has 0 saturated carbocycles. The first-order valence-corrected chi connectivity index (χ1v) is 8.21. The normalized spacial score (nSPS) is 21.3. The Morgan fingerprint density at radius 1 is 1.52 bits per heavy atom. The van der Waals surface area contributed by atoms with E-state index in [4.69, 9.17) is 4.74 Å². The van der Waals surface area contributed by atoms with Crippen LogP contribution in [0.1, 0.15) is 37.1 Å². The molecule has 0 aliphatic carbocycles. The standard InChI is InChI=1S/C17H24N4O2/c1-3-21-12-13(10-19-21)16-15(7-5-9-23-16)17(22)18-11-14-6-4-8-20(14)2/h4,6,8,10,12,15-16H,3,5,7,9,11H2,1-2H3,(H,18,22)/t15-,16+/m1/s1. The van der Waals surface area contributed by atoms with Crippen molar-refractivity contribution in [1.82, 2.24) is 19.7 Å². The Morgan fingerprint density at radius 2 is 2.39 bits per heavy atom. The van der Waals surface area contributed by atoms with Gasteiger partial charge in [-0.25, -0.2) is 0 Å². The van der Waals surface area contributed by atoms with Gasteiger partial charge in [-0.15, -0.1) is 0 Å². The minimum atomic E-state index is -0.197. The number of hydrogen-bond acceptors (Lipinski definition) is 3. The number of carbonyl (C=O) groups is 1. The van der Waals surface area contributed by atoms with Gasteiger partial charge in [0.15, 0.2) is 0 Å². The van der Waals surface area contributed by atoms with Crippen molar-refractivity contribution in [3.8, 4) is 0 Å². The first-order chi connectivity index (χ1) is 11.2. The van der Waals surface area contributed by atoms with E-state index < -0.39 is 0 Å². The lowest BCUT2D eigenvalue weighted by molar-refractivity contribution is -0.134. The molecule has 2 atom stereocenters. The first kappa shape index (κ1) is 15.8. The molecule has 3 rings (SSSR count). The lowest BCUT2D eigenvalue weighted by Gasteiger charge is -2.30. The van der Waals surface area contributed by atoms with Crippen LogP contribution in [0.15, 0.2) is 30.7 Å². The highest BCUT2D eigenvalue weighted by Gasteiger charge is 2.33. The maximum Gasteiger partial charge on any atom is 0.226 e. The van der Waals surface area contributed by atoms with Crippen LogP contribution < -0.4 is 5.32 Å². The fourth-order valence-corrected chi connectivity index (χ4v) is 3.07. The maximum atomic E-state index is 12.6. The van der Waals surface area contributed by atoms with Crippen LogP contribution >= 0.6 is 0 Å². The largest absolute Gasteiger partial charge is 0.373 e. The van der Waals surface area contributed by atoms with E-state index in [1.807, 2.05) is 53.9 Å². The summed E-state index contributed by atoms with van der Waals surface area (Å²) < 4.78 is 9.78. The maximum absolute atomic E-state index is 12.6. The molecule has 124 valence electrons. The van der Waals surface area contributed by atoms with E-state index in [2.05, 4.69) is 10.4 Å². The fraction of sp³-hybridized carbons (Fsp3) is 0.529. The van der Waals surface area contributed by atoms with Crippen LogP contribution in [0.5, 0.6) is 0 Å². The molecule has 6 heteroatoms. The van der Waals surface area contributed by atoms with Crippen molar-refractivity contribution >= 4 is 5.91 Å². The lowest BCUT2D eigenvalue weighted by atomic mass is 9.90. The molecule has 6 nitrogen and oxygen atoms in total. The van der Waals surface area contributed by atoms with E-state index in [0.29, 0.717) is 13.2 Å². The van der Waals surface area contributed by atoms with E-state index in [0.717, 1.165) is 30.6 Å². The van der Waals surface area contributed by atoms with Gasteiger partial charge in [0.1, 0.15) is 0 Å². The Morgan fingerprint density at radius 3 is 3.09 bits per heavy atom. The number of carbonyl (C=O) groups excluding carboxylic acids is 1. The molecule has 1 fully saturated rings. The highest BCUT2D eigenvalue weighted by atomic mass is 16.5. The smallest absolute Gasteiger partial charge is 0.226 e. The van der Waals surface area contributed by atoms with Crippen molar-refractivity contribution < 1.29 is 9.53 Å². The number of amides is 1. The molecule has 2 aromatic heterocycles. The van der Waals surface area contributed by atoms with E-state index >= 15 is 0 Å². The van der Waals surface area contributed by atoms with Gasteiger partial charge in [0.2, 0.25) is 5.91 Å². The number of nitrogens with zero attached hydrogens (tertiary/aromatic N) is 3. The average Bonchev–Trinajstić information content (AvgIpc) is 3.21. The summed E-state index contributed by atoms with van der Waals surface area (Å²) in [7, 11) is 1.98. The van der Waals surface area contributed by atoms with Crippen molar-refractivity contribution in [1.29, 1.82) is 0 Å². The van der Waals surface area contributed by atoms with Crippen LogP contribution in [0.3, 0.4) is 0 Å². The molecule has 0 bridgehead atoms. The SMILES string of the molecule is CCn1cc([C@@H]2OCCC[C@H]2C(=O)NCc2cccn2C)cn1. The van der Waals surface area contributed by atoms with Gasteiger partial charge < -0.3 is 14.6 Å². The Bertz CT molecular complexity index is 661. The molecule has 23 heavy (non-hydrogen) atoms. The zero-order chi connectivity index (χ0) is 16.2. The summed E-state index contributed by atoms with van der Waals surface area (Å²) in [6.07, 6.45) is 7.34. The van der Waals surface area contributed by atoms with E-state index in [1.165, 1.54) is 0 Å². The second-order valence-electron chi connectivity index (χ2n) is 6.00. The zero-order valence-corrected chi connectivity index (χ0v) is 13.7. The Hall–Kier alpha value is -2.08. The van der Waals surface area contributed by atoms with Gasteiger partial charge in [-0.05, 0) is 31.9 Å². The third kappa shape index (κ3) is 3.47. The summed E-state index contributed by atoms with van der Waals surface area (Å²) in [5.74, 6) is -0.0985. The molecule has 0 radical (unpaired) electrons. The van der Waals surface area contributed by atoms with Gasteiger partial charge in [0.05, 0.1) is 24.8 Å². The molecule has 2 aromatic rings. The Kier molecular flexibility index (Phi) is 4.81. The molecule has 1 aliphatic heterocycles. The zero-order valence-electron chi connectivity index (χ0n) is 13.7. The van der Waals surface area contributed by atoms with Crippen molar-refractivity contribution in [2.45, 2.75) is 39.0 Å². The molecule has 1 aliphatic rings. The van der Waals surface area contributed by atoms with Crippen LogP contribution in [-0.4, -0.2) is 26.9 Å². The minimum Gasteiger partial charge on any atom is -0.373 e. The van der Waals surface area contributed by atoms with Crippen molar-refractivity contribution in [2.24, 2.45) is 13.0 Å². The van der Waals surface area contributed by atoms with Crippen LogP contribution in [-0.2, 0) is 29.7 Å². The van der Waals surface area contributed by atoms with Gasteiger partial charge in [-0.2, -0.15) is 5.10 Å². The summed E-state index contributed by atoms with van der Waals surface area (Å²) in [4.78, 5) is 12.6. The molecule has 1 amide bonds. The summed E-state index contributed by atoms with van der Waals surface area (Å²) in [6, 6.07) is 3.99. The van der Waals surface area contributed by atoms with Gasteiger partial charge in [-0.3, -0.25) is 9.48 Å². The van der Waals surface area contributed by atoms with Crippen LogP contribution in [0.4, 0.5) is 0 Å². The average molecular weight is 316 g/mol. The first-order valence-electron chi connectivity index (χ1n) is 8.21. The topological polar surface area (TPSA) is 61.1 Å². The van der Waals surface area contributed by atoms with E-state index in [1.54, 1.807) is 0 Å². The monoisotopic (exact) mass is 316 g/mol. The number of hydrogen-bond donors (Lipinski definition) is 1. The van der Waals surface area contributed by atoms with E-state index in [9.17, 15) is 4.79 Å². The highest BCUT2D eigenvalue weighted by molar-refractivity contribution is 5.79. The van der Waals surface area contributed by atoms with Crippen LogP contribution in [0, 0.1) is 5.92 Å². The van der Waals surface area contributed by atoms with Crippen molar-refractivity contribution in [2.75, 3.05) is 6.61 Å². The lowest BCUT2D eigenvalue weighted by Crippen LogP contribution is -2.37. The molecule has 0 unspecified atom stereocenters. The van der Waals surface area contributed by atoms with Crippen LogP contribution in [0.2, 0.25) is 0 Å². The molecular formula is C17H24N4O2. The van der Waals surface area contributed by atoms with Crippen molar-refractivity contribution in [3.05, 3.63) is 42.0 Å². The van der Waals surface area contributed by atoms with Crippen LogP contribution in [0.25, 0.3) is 0 Å². The highest BCUT2D eigenvalue weighted by Crippen LogP contribution is 2.33. The number of aryl methyl sites for hydroxylation is 2. The summed E-state index contributed by atoms with van der Waals surface area (Å²) in [5.41, 5.74) is 2.08. The second kappa shape index (κ2) is 7.00. The third-order valence-electron chi connectivity index (χ3n) is 4.46. The molecular weight excluding hydrogens is 292 g/mol. The van der Waals surface area contributed by atoms with Gasteiger partial charge in [0.25, 0.3) is 0 Å². The van der Waals surface area contributed by atoms with Crippen molar-refractivity contribution in [3.63, 3.8) is 0 Å². The van der Waals surface area contributed by atoms with Gasteiger partial charge in [-0.1, -0.05) is 0 Å². The number of aromatic nitrogens is 3. The minimum absolute atomic E-state index is 0.0557. The van der Waals surface area contributed by atoms with Gasteiger partial charge >= 0.3 is 0 Å². The summed E-state index contributed by atoms with van der Waals surface area (Å²) in [6.45, 7) is 4.10. The number of rotatable bonds is 5. The molecule has 0 spiro atoms. The Labute approximate surface area is 136 Å². The Balaban J connectivity index is 1.67. The molecule has 1 N–H and O–H groups in total. The molecule has 3 heterocycles. The molecule has 0 aromatic carbocycles. The summed E-state index contributed by atoms with van der Waals surface area (Å²) >= 11 is 0. The van der Waals surface area contributed by atoms with Gasteiger partial charge in [0, 0.05) is 43.9 Å². The number of ether oxygens (including phenoxy) is 1. The molecule has 1 saturated heterocycles. The predicted octanol–water partition coefficient (Wildman–Crippen LogP) is 2.03. The number of nitrogens with one attached hydrogen (secondary N) is 1. The second-order valence-corrected chi connectivity index (χ2v) is 6.00. The third-order valence-corrected chi connectivity index (χ3v) is 4.46. The summed E-state index contributed by atoms with van der Waals surface area (Å²) in [5, 5.41) is 7.35. The quantitative estimate of drug-likeness (QED) is 0.918. The fourth-order valence-electron chi connectivity index (χ4n) is 3.07. The van der Waals surface area contributed by atoms with E-state index in [-0.39, 0.29) is 17.9 Å².